The Balaban J connectivity index is 2.24. The summed E-state index contributed by atoms with van der Waals surface area (Å²) >= 11 is 0. The van der Waals surface area contributed by atoms with Crippen LogP contribution >= 0.6 is 0 Å². The summed E-state index contributed by atoms with van der Waals surface area (Å²) < 4.78 is 5.69. The van der Waals surface area contributed by atoms with Crippen molar-refractivity contribution in [2.45, 2.75) is 59.0 Å². The minimum absolute atomic E-state index is 0.639. The molecule has 108 valence electrons. The molecular weight excluding hydrogens is 224 g/mol. The van der Waals surface area contributed by atoms with Crippen molar-refractivity contribution < 1.29 is 4.74 Å². The normalized spacial score (nSPS) is 27.3. The second-order valence-electron chi connectivity index (χ2n) is 5.71. The molecule has 0 aromatic rings. The lowest BCUT2D eigenvalue weighted by Gasteiger charge is -2.40. The zero-order valence-corrected chi connectivity index (χ0v) is 12.7. The molecule has 18 heavy (non-hydrogen) atoms. The first-order valence-corrected chi connectivity index (χ1v) is 7.74. The topological polar surface area (TPSA) is 24.5 Å². The lowest BCUT2D eigenvalue weighted by atomic mass is 9.96. The SMILES string of the molecule is CCCCOCCN1CC(C(C)CC)NCC1C. The van der Waals surface area contributed by atoms with Gasteiger partial charge in [0.2, 0.25) is 0 Å². The third-order valence-electron chi connectivity index (χ3n) is 4.23. The minimum Gasteiger partial charge on any atom is -0.380 e. The van der Waals surface area contributed by atoms with E-state index in [-0.39, 0.29) is 0 Å². The molecule has 1 aliphatic rings. The van der Waals surface area contributed by atoms with Crippen molar-refractivity contribution in [3.05, 3.63) is 0 Å². The number of nitrogens with zero attached hydrogens (tertiary/aromatic N) is 1. The van der Waals surface area contributed by atoms with Gasteiger partial charge >= 0.3 is 0 Å². The van der Waals surface area contributed by atoms with Crippen LogP contribution in [0.1, 0.15) is 47.0 Å². The fourth-order valence-corrected chi connectivity index (χ4v) is 2.46. The van der Waals surface area contributed by atoms with E-state index < -0.39 is 0 Å². The molecule has 3 nitrogen and oxygen atoms in total. The Hall–Kier alpha value is -0.120. The van der Waals surface area contributed by atoms with Gasteiger partial charge in [0.05, 0.1) is 6.61 Å². The molecule has 0 aromatic carbocycles. The van der Waals surface area contributed by atoms with Crippen LogP contribution in [0.4, 0.5) is 0 Å². The predicted octanol–water partition coefficient (Wildman–Crippen LogP) is 2.51. The average Bonchev–Trinajstić information content (AvgIpc) is 2.39. The molecule has 1 heterocycles. The largest absolute Gasteiger partial charge is 0.380 e. The molecule has 0 radical (unpaired) electrons. The van der Waals surface area contributed by atoms with Gasteiger partial charge in [0.15, 0.2) is 0 Å². The summed E-state index contributed by atoms with van der Waals surface area (Å²) in [6.07, 6.45) is 3.67. The molecule has 1 rings (SSSR count). The standard InChI is InChI=1S/C15H32N2O/c1-5-7-9-18-10-8-17-12-15(13(3)6-2)16-11-14(17)4/h13-16H,5-12H2,1-4H3. The number of hydrogen-bond donors (Lipinski definition) is 1. The van der Waals surface area contributed by atoms with Crippen LogP contribution in [0.15, 0.2) is 0 Å². The van der Waals surface area contributed by atoms with Crippen LogP contribution in [0.2, 0.25) is 0 Å². The van der Waals surface area contributed by atoms with Crippen molar-refractivity contribution in [3.8, 4) is 0 Å². The van der Waals surface area contributed by atoms with E-state index in [9.17, 15) is 0 Å². The van der Waals surface area contributed by atoms with Gasteiger partial charge in [-0.3, -0.25) is 4.90 Å². The van der Waals surface area contributed by atoms with Crippen LogP contribution in [0.3, 0.4) is 0 Å². The highest BCUT2D eigenvalue weighted by Gasteiger charge is 2.27. The Kier molecular flexibility index (Phi) is 7.87. The molecule has 1 aliphatic heterocycles. The lowest BCUT2D eigenvalue weighted by molar-refractivity contribution is 0.0614. The molecular formula is C15H32N2O. The number of hydrogen-bond acceptors (Lipinski definition) is 3. The maximum absolute atomic E-state index is 5.69. The van der Waals surface area contributed by atoms with Gasteiger partial charge in [0.25, 0.3) is 0 Å². The fourth-order valence-electron chi connectivity index (χ4n) is 2.46. The summed E-state index contributed by atoms with van der Waals surface area (Å²) in [5, 5.41) is 3.68. The summed E-state index contributed by atoms with van der Waals surface area (Å²) in [6, 6.07) is 1.29. The molecule has 0 aliphatic carbocycles. The second-order valence-corrected chi connectivity index (χ2v) is 5.71. The van der Waals surface area contributed by atoms with E-state index in [1.54, 1.807) is 0 Å². The zero-order chi connectivity index (χ0) is 13.4. The van der Waals surface area contributed by atoms with Crippen LogP contribution in [-0.2, 0) is 4.74 Å². The summed E-state index contributed by atoms with van der Waals surface area (Å²) in [4.78, 5) is 2.58. The molecule has 1 saturated heterocycles. The van der Waals surface area contributed by atoms with Crippen LogP contribution in [-0.4, -0.2) is 49.8 Å². The highest BCUT2D eigenvalue weighted by Crippen LogP contribution is 2.15. The van der Waals surface area contributed by atoms with Gasteiger partial charge in [-0.2, -0.15) is 0 Å². The van der Waals surface area contributed by atoms with E-state index in [0.29, 0.717) is 12.1 Å². The highest BCUT2D eigenvalue weighted by molar-refractivity contribution is 4.86. The molecule has 3 atom stereocenters. The van der Waals surface area contributed by atoms with Gasteiger partial charge in [0, 0.05) is 38.3 Å². The number of ether oxygens (including phenoxy) is 1. The molecule has 1 N–H and O–H groups in total. The molecule has 0 spiro atoms. The lowest BCUT2D eigenvalue weighted by Crippen LogP contribution is -2.57. The van der Waals surface area contributed by atoms with Gasteiger partial charge in [0.1, 0.15) is 0 Å². The van der Waals surface area contributed by atoms with Crippen molar-refractivity contribution in [1.82, 2.24) is 10.2 Å². The van der Waals surface area contributed by atoms with Gasteiger partial charge in [-0.1, -0.05) is 33.6 Å². The monoisotopic (exact) mass is 256 g/mol. The quantitative estimate of drug-likeness (QED) is 0.675. The highest BCUT2D eigenvalue weighted by atomic mass is 16.5. The van der Waals surface area contributed by atoms with E-state index in [1.165, 1.54) is 25.8 Å². The first kappa shape index (κ1) is 15.9. The Morgan fingerprint density at radius 1 is 1.33 bits per heavy atom. The Morgan fingerprint density at radius 2 is 2.11 bits per heavy atom. The van der Waals surface area contributed by atoms with Gasteiger partial charge < -0.3 is 10.1 Å². The first-order valence-electron chi connectivity index (χ1n) is 7.74. The smallest absolute Gasteiger partial charge is 0.0593 e. The summed E-state index contributed by atoms with van der Waals surface area (Å²) in [6.45, 7) is 14.3. The molecule has 0 bridgehead atoms. The van der Waals surface area contributed by atoms with Crippen molar-refractivity contribution in [2.75, 3.05) is 32.8 Å². The van der Waals surface area contributed by atoms with Crippen molar-refractivity contribution in [2.24, 2.45) is 5.92 Å². The Bertz CT molecular complexity index is 211. The van der Waals surface area contributed by atoms with Crippen molar-refractivity contribution in [1.29, 1.82) is 0 Å². The molecule has 3 unspecified atom stereocenters. The summed E-state index contributed by atoms with van der Waals surface area (Å²) in [5.74, 6) is 0.765. The zero-order valence-electron chi connectivity index (χ0n) is 12.7. The van der Waals surface area contributed by atoms with Crippen molar-refractivity contribution >= 4 is 0 Å². The number of rotatable bonds is 8. The van der Waals surface area contributed by atoms with E-state index in [0.717, 1.165) is 32.2 Å². The van der Waals surface area contributed by atoms with Gasteiger partial charge in [-0.05, 0) is 19.3 Å². The Morgan fingerprint density at radius 3 is 2.78 bits per heavy atom. The molecule has 1 fully saturated rings. The molecule has 0 amide bonds. The third-order valence-corrected chi connectivity index (χ3v) is 4.23. The van der Waals surface area contributed by atoms with E-state index in [1.807, 2.05) is 0 Å². The summed E-state index contributed by atoms with van der Waals surface area (Å²) in [5.41, 5.74) is 0. The van der Waals surface area contributed by atoms with E-state index in [2.05, 4.69) is 37.9 Å². The number of piperazine rings is 1. The van der Waals surface area contributed by atoms with Crippen molar-refractivity contribution in [3.63, 3.8) is 0 Å². The number of unbranched alkanes of at least 4 members (excludes halogenated alkanes) is 1. The van der Waals surface area contributed by atoms with Crippen LogP contribution < -0.4 is 5.32 Å². The molecule has 3 heteroatoms. The first-order chi connectivity index (χ1) is 8.69. The number of nitrogens with one attached hydrogen (secondary N) is 1. The summed E-state index contributed by atoms with van der Waals surface area (Å²) in [7, 11) is 0. The molecule has 0 saturated carbocycles. The van der Waals surface area contributed by atoms with Gasteiger partial charge in [-0.15, -0.1) is 0 Å². The second kappa shape index (κ2) is 8.89. The molecule has 0 aromatic heterocycles. The maximum Gasteiger partial charge on any atom is 0.0593 e. The van der Waals surface area contributed by atoms with Crippen LogP contribution in [0.25, 0.3) is 0 Å². The van der Waals surface area contributed by atoms with Crippen LogP contribution in [0, 0.1) is 5.92 Å². The minimum atomic E-state index is 0.639. The maximum atomic E-state index is 5.69. The average molecular weight is 256 g/mol. The Labute approximate surface area is 113 Å². The van der Waals surface area contributed by atoms with E-state index >= 15 is 0 Å². The van der Waals surface area contributed by atoms with Gasteiger partial charge in [-0.25, -0.2) is 0 Å². The van der Waals surface area contributed by atoms with E-state index in [4.69, 9.17) is 4.74 Å². The third kappa shape index (κ3) is 5.25. The van der Waals surface area contributed by atoms with Crippen LogP contribution in [0.5, 0.6) is 0 Å². The fraction of sp³-hybridized carbons (Fsp3) is 1.00. The predicted molar refractivity (Wildman–Crippen MR) is 78.0 cm³/mol.